The number of aromatic nitrogens is 4. The Balaban J connectivity index is 1.67. The maximum atomic E-state index is 15.0. The molecule has 0 fully saturated rings. The van der Waals surface area contributed by atoms with Crippen molar-refractivity contribution in [3.63, 3.8) is 0 Å². The van der Waals surface area contributed by atoms with E-state index >= 15 is 4.39 Å². The van der Waals surface area contributed by atoms with Crippen molar-refractivity contribution in [3.05, 3.63) is 102 Å². The van der Waals surface area contributed by atoms with E-state index in [0.29, 0.717) is 11.1 Å². The molecule has 4 radical (unpaired) electrons. The second-order valence-corrected chi connectivity index (χ2v) is 8.53. The first kappa shape index (κ1) is 26.1. The van der Waals surface area contributed by atoms with Crippen molar-refractivity contribution in [2.24, 2.45) is 0 Å². The number of anilines is 1. The van der Waals surface area contributed by atoms with E-state index in [-0.39, 0.29) is 28.9 Å². The molecule has 0 aliphatic carbocycles. The minimum Gasteiger partial charge on any atom is -0.403 e. The molecule has 2 aromatic carbocycles. The number of fused-ring (bicyclic) bond motifs is 1. The smallest absolute Gasteiger partial charge is 0.403 e. The van der Waals surface area contributed by atoms with E-state index in [9.17, 15) is 23.1 Å². The lowest BCUT2D eigenvalue weighted by atomic mass is 9.63. The molecule has 1 amide bonds. The Labute approximate surface area is 221 Å². The molecule has 0 spiro atoms. The van der Waals surface area contributed by atoms with Crippen LogP contribution in [-0.2, 0) is 11.6 Å². The first-order valence-corrected chi connectivity index (χ1v) is 11.3. The van der Waals surface area contributed by atoms with Crippen molar-refractivity contribution in [1.82, 2.24) is 19.4 Å². The quantitative estimate of drug-likeness (QED) is 0.263. The van der Waals surface area contributed by atoms with E-state index in [1.807, 2.05) is 0 Å². The van der Waals surface area contributed by atoms with Crippen molar-refractivity contribution >= 4 is 32.9 Å². The predicted molar refractivity (Wildman–Crippen MR) is 136 cm³/mol. The first-order valence-electron chi connectivity index (χ1n) is 11.3. The molecule has 5 rings (SSSR count). The molecule has 0 aliphatic heterocycles. The zero-order valence-electron chi connectivity index (χ0n) is 19.8. The lowest BCUT2D eigenvalue weighted by Crippen LogP contribution is -2.27. The van der Waals surface area contributed by atoms with Crippen LogP contribution in [0, 0.1) is 5.82 Å². The minimum absolute atomic E-state index is 0.0168. The average Bonchev–Trinajstić information content (AvgIpc) is 3.35. The molecule has 5 aromatic rings. The molecule has 0 saturated heterocycles. The highest BCUT2D eigenvalue weighted by atomic mass is 19.4. The SMILES string of the molecule is [B]C([B])(O)c1cnc2c(NC(=O)c3cc(-c4ncccn4)c(C(F)(F)F)cc3F)c(-c3ccccc3)ccn12. The highest BCUT2D eigenvalue weighted by Crippen LogP contribution is 2.38. The van der Waals surface area contributed by atoms with Crippen LogP contribution < -0.4 is 5.32 Å². The van der Waals surface area contributed by atoms with Crippen LogP contribution in [0.2, 0.25) is 0 Å². The maximum Gasteiger partial charge on any atom is 0.417 e. The molecule has 3 heterocycles. The number of benzene rings is 2. The molecule has 7 nitrogen and oxygen atoms in total. The Morgan fingerprint density at radius 2 is 1.64 bits per heavy atom. The molecule has 0 atom stereocenters. The van der Waals surface area contributed by atoms with Gasteiger partial charge in [-0.2, -0.15) is 13.2 Å². The van der Waals surface area contributed by atoms with Gasteiger partial charge in [0.2, 0.25) is 0 Å². The number of alkyl halides is 3. The summed E-state index contributed by atoms with van der Waals surface area (Å²) in [5, 5.41) is 10.4. The predicted octanol–water partition coefficient (Wildman–Crippen LogP) is 4.31. The van der Waals surface area contributed by atoms with Crippen LogP contribution in [0.3, 0.4) is 0 Å². The number of nitrogens with zero attached hydrogens (tertiary/aromatic N) is 4. The minimum atomic E-state index is -4.94. The van der Waals surface area contributed by atoms with Crippen molar-refractivity contribution < 1.29 is 27.5 Å². The van der Waals surface area contributed by atoms with Crippen LogP contribution in [0.5, 0.6) is 0 Å². The Kier molecular flexibility index (Phi) is 6.47. The van der Waals surface area contributed by atoms with Gasteiger partial charge >= 0.3 is 6.18 Å². The summed E-state index contributed by atoms with van der Waals surface area (Å²) in [6.45, 7) is 0. The molecule has 3 aromatic heterocycles. The summed E-state index contributed by atoms with van der Waals surface area (Å²) < 4.78 is 57.6. The average molecular weight is 527 g/mol. The van der Waals surface area contributed by atoms with Gasteiger partial charge < -0.3 is 14.8 Å². The van der Waals surface area contributed by atoms with Gasteiger partial charge in [-0.05, 0) is 29.8 Å². The Morgan fingerprint density at radius 3 is 2.28 bits per heavy atom. The van der Waals surface area contributed by atoms with Gasteiger partial charge in [0.1, 0.15) is 21.5 Å². The molecule has 13 heteroatoms. The fourth-order valence-electron chi connectivity index (χ4n) is 4.11. The summed E-state index contributed by atoms with van der Waals surface area (Å²) in [5.41, 5.74) is -1.36. The maximum absolute atomic E-state index is 15.0. The normalized spacial score (nSPS) is 12.0. The number of aliphatic hydroxyl groups is 1. The summed E-state index contributed by atoms with van der Waals surface area (Å²) in [6, 6.07) is 12.8. The fraction of sp³-hybridized carbons (Fsp3) is 0.0769. The number of carbonyl (C=O) groups is 1. The van der Waals surface area contributed by atoms with Crippen molar-refractivity contribution in [1.29, 1.82) is 0 Å². The van der Waals surface area contributed by atoms with Crippen molar-refractivity contribution in [2.75, 3.05) is 5.32 Å². The van der Waals surface area contributed by atoms with Crippen LogP contribution in [0.15, 0.2) is 79.4 Å². The van der Waals surface area contributed by atoms with E-state index < -0.39 is 40.0 Å². The van der Waals surface area contributed by atoms with Gasteiger partial charge in [-0.15, -0.1) is 0 Å². The highest BCUT2D eigenvalue weighted by molar-refractivity contribution is 6.38. The number of hydrogen-bond donors (Lipinski definition) is 2. The monoisotopic (exact) mass is 527 g/mol. The van der Waals surface area contributed by atoms with Crippen LogP contribution in [0.1, 0.15) is 21.6 Å². The van der Waals surface area contributed by atoms with E-state index in [1.54, 1.807) is 36.4 Å². The van der Waals surface area contributed by atoms with Crippen molar-refractivity contribution in [2.45, 2.75) is 11.6 Å². The van der Waals surface area contributed by atoms with Gasteiger partial charge in [0, 0.05) is 35.1 Å². The largest absolute Gasteiger partial charge is 0.417 e. The number of rotatable bonds is 5. The lowest BCUT2D eigenvalue weighted by molar-refractivity contribution is -0.137. The van der Waals surface area contributed by atoms with Gasteiger partial charge in [-0.25, -0.2) is 19.3 Å². The summed E-state index contributed by atoms with van der Waals surface area (Å²) >= 11 is 0. The first-order chi connectivity index (χ1) is 18.4. The fourth-order valence-corrected chi connectivity index (χ4v) is 4.11. The number of nitrogens with one attached hydrogen (secondary N) is 1. The Hall–Kier alpha value is -4.51. The standard InChI is InChI=1S/C26H15B2F4N5O2/c27-25(28,39)20-13-35-23-21(15(7-10-37(20)23)14-5-2-1-3-6-14)36-24(38)17-11-16(22-33-8-4-9-34-22)18(12-19(17)29)26(30,31)32/h1-13,39H,(H,36,38). The molecule has 0 saturated carbocycles. The Morgan fingerprint density at radius 1 is 0.949 bits per heavy atom. The zero-order chi connectivity index (χ0) is 27.9. The number of pyridine rings is 1. The number of carbonyl (C=O) groups excluding carboxylic acids is 1. The van der Waals surface area contributed by atoms with E-state index in [2.05, 4.69) is 20.3 Å². The molecular formula is C26H15B2F4N5O2. The third-order valence-corrected chi connectivity index (χ3v) is 5.88. The molecule has 0 aliphatic rings. The van der Waals surface area contributed by atoms with Gasteiger partial charge in [-0.3, -0.25) is 4.79 Å². The van der Waals surface area contributed by atoms with Crippen LogP contribution in [-0.4, -0.2) is 46.1 Å². The van der Waals surface area contributed by atoms with E-state index in [1.165, 1.54) is 35.3 Å². The summed E-state index contributed by atoms with van der Waals surface area (Å²) in [5.74, 6) is -2.81. The second kappa shape index (κ2) is 9.66. The van der Waals surface area contributed by atoms with Gasteiger partial charge in [-0.1, -0.05) is 30.3 Å². The number of imidazole rings is 1. The van der Waals surface area contributed by atoms with Crippen molar-refractivity contribution in [3.8, 4) is 22.5 Å². The third kappa shape index (κ3) is 5.00. The molecule has 0 bridgehead atoms. The zero-order valence-corrected chi connectivity index (χ0v) is 19.8. The summed E-state index contributed by atoms with van der Waals surface area (Å²) in [4.78, 5) is 25.3. The lowest BCUT2D eigenvalue weighted by Gasteiger charge is -2.19. The molecule has 0 unspecified atom stereocenters. The molecule has 2 N–H and O–H groups in total. The summed E-state index contributed by atoms with van der Waals surface area (Å²) in [7, 11) is 11.3. The van der Waals surface area contributed by atoms with Gasteiger partial charge in [0.05, 0.1) is 28.7 Å². The van der Waals surface area contributed by atoms with Crippen LogP contribution in [0.25, 0.3) is 28.2 Å². The third-order valence-electron chi connectivity index (χ3n) is 5.88. The van der Waals surface area contributed by atoms with Crippen LogP contribution in [0.4, 0.5) is 23.2 Å². The topological polar surface area (TPSA) is 92.4 Å². The molecule has 190 valence electrons. The van der Waals surface area contributed by atoms with E-state index in [0.717, 1.165) is 6.07 Å². The molecular weight excluding hydrogens is 512 g/mol. The van der Waals surface area contributed by atoms with Gasteiger partial charge in [0.25, 0.3) is 5.91 Å². The Bertz CT molecular complexity index is 1690. The summed E-state index contributed by atoms with van der Waals surface area (Å²) in [6.07, 6.45) is 0.228. The highest BCUT2D eigenvalue weighted by Gasteiger charge is 2.36. The van der Waals surface area contributed by atoms with Gasteiger partial charge in [0.15, 0.2) is 11.5 Å². The molecule has 39 heavy (non-hydrogen) atoms. The number of hydrogen-bond acceptors (Lipinski definition) is 5. The number of halogens is 4. The van der Waals surface area contributed by atoms with Crippen LogP contribution >= 0.6 is 0 Å². The number of amides is 1. The van der Waals surface area contributed by atoms with E-state index in [4.69, 9.17) is 15.7 Å². The second-order valence-electron chi connectivity index (χ2n) is 8.53.